The number of aryl methyl sites for hydroxylation is 1. The van der Waals surface area contributed by atoms with Gasteiger partial charge in [-0.25, -0.2) is 5.43 Å². The van der Waals surface area contributed by atoms with Crippen LogP contribution >= 0.6 is 15.9 Å². The molecule has 8 nitrogen and oxygen atoms in total. The molecule has 2 amide bonds. The lowest BCUT2D eigenvalue weighted by atomic mass is 10.2. The van der Waals surface area contributed by atoms with Crippen molar-refractivity contribution in [3.05, 3.63) is 68.2 Å². The van der Waals surface area contributed by atoms with E-state index in [4.69, 9.17) is 0 Å². The summed E-state index contributed by atoms with van der Waals surface area (Å²) in [7, 11) is 0. The molecule has 0 saturated heterocycles. The summed E-state index contributed by atoms with van der Waals surface area (Å²) in [4.78, 5) is 33.7. The van der Waals surface area contributed by atoms with E-state index < -0.39 is 16.7 Å². The van der Waals surface area contributed by atoms with Gasteiger partial charge in [-0.3, -0.25) is 19.7 Å². The smallest absolute Gasteiger partial charge is 0.318 e. The van der Waals surface area contributed by atoms with Gasteiger partial charge in [-0.2, -0.15) is 5.10 Å². The zero-order chi connectivity index (χ0) is 18.4. The summed E-state index contributed by atoms with van der Waals surface area (Å²) < 4.78 is 0.330. The summed E-state index contributed by atoms with van der Waals surface area (Å²) in [5.41, 5.74) is 3.84. The molecule has 0 bridgehead atoms. The Morgan fingerprint density at radius 1 is 1.16 bits per heavy atom. The molecule has 0 aliphatic rings. The zero-order valence-corrected chi connectivity index (χ0v) is 14.6. The van der Waals surface area contributed by atoms with Crippen LogP contribution in [0.5, 0.6) is 0 Å². The summed E-state index contributed by atoms with van der Waals surface area (Å²) in [5, 5.41) is 16.9. The number of hydrogen-bond acceptors (Lipinski definition) is 5. The standard InChI is InChI=1S/C16H13BrN4O4/c1-10-2-5-12(6-3-10)19-15(22)16(23)20-18-9-11-4-7-13(17)14(8-11)21(24)25/h2-9H,1H3,(H,19,22)(H,20,23)/b18-9-. The van der Waals surface area contributed by atoms with Crippen molar-refractivity contribution in [2.75, 3.05) is 5.32 Å². The molecule has 128 valence electrons. The number of halogens is 1. The minimum atomic E-state index is -0.955. The maximum Gasteiger partial charge on any atom is 0.329 e. The number of carbonyl (C=O) groups excluding carboxylic acids is 2. The lowest BCUT2D eigenvalue weighted by molar-refractivity contribution is -0.385. The summed E-state index contributed by atoms with van der Waals surface area (Å²) in [5.74, 6) is -1.83. The molecule has 0 heterocycles. The molecule has 0 aliphatic heterocycles. The maximum atomic E-state index is 11.7. The number of nitrogens with zero attached hydrogens (tertiary/aromatic N) is 2. The van der Waals surface area contributed by atoms with Crippen LogP contribution in [-0.2, 0) is 9.59 Å². The molecule has 25 heavy (non-hydrogen) atoms. The van der Waals surface area contributed by atoms with E-state index in [0.29, 0.717) is 15.7 Å². The maximum absolute atomic E-state index is 11.7. The van der Waals surface area contributed by atoms with E-state index >= 15 is 0 Å². The van der Waals surface area contributed by atoms with Gasteiger partial charge in [0.05, 0.1) is 15.6 Å². The lowest BCUT2D eigenvalue weighted by Gasteiger charge is -2.04. The molecule has 2 N–H and O–H groups in total. The van der Waals surface area contributed by atoms with Crippen LogP contribution in [0.3, 0.4) is 0 Å². The van der Waals surface area contributed by atoms with E-state index in [-0.39, 0.29) is 5.69 Å². The molecular formula is C16H13BrN4O4. The summed E-state index contributed by atoms with van der Waals surface area (Å²) >= 11 is 3.07. The molecule has 0 fully saturated rings. The number of rotatable bonds is 4. The van der Waals surface area contributed by atoms with Crippen molar-refractivity contribution in [2.45, 2.75) is 6.92 Å². The predicted molar refractivity (Wildman–Crippen MR) is 96.3 cm³/mol. The molecule has 0 unspecified atom stereocenters. The number of nitro groups is 1. The SMILES string of the molecule is Cc1ccc(NC(=O)C(=O)N/N=C\c2ccc(Br)c([N+](=O)[O-])c2)cc1. The van der Waals surface area contributed by atoms with Gasteiger partial charge in [0.25, 0.3) is 5.69 Å². The monoisotopic (exact) mass is 404 g/mol. The number of carbonyl (C=O) groups is 2. The highest BCUT2D eigenvalue weighted by Crippen LogP contribution is 2.24. The molecule has 0 radical (unpaired) electrons. The Morgan fingerprint density at radius 2 is 1.84 bits per heavy atom. The number of hydrogen-bond donors (Lipinski definition) is 2. The summed E-state index contributed by atoms with van der Waals surface area (Å²) in [6.45, 7) is 1.90. The van der Waals surface area contributed by atoms with Gasteiger partial charge in [0.2, 0.25) is 0 Å². The van der Waals surface area contributed by atoms with E-state index in [0.717, 1.165) is 5.56 Å². The fraction of sp³-hybridized carbons (Fsp3) is 0.0625. The number of nitrogens with one attached hydrogen (secondary N) is 2. The van der Waals surface area contributed by atoms with Crippen molar-refractivity contribution in [2.24, 2.45) is 5.10 Å². The Hall–Kier alpha value is -3.07. The number of amides is 2. The molecule has 0 spiro atoms. The van der Waals surface area contributed by atoms with E-state index in [1.54, 1.807) is 30.3 Å². The Kier molecular flexibility index (Phi) is 5.96. The van der Waals surface area contributed by atoms with Crippen LogP contribution in [0.25, 0.3) is 0 Å². The normalized spacial score (nSPS) is 10.5. The average molecular weight is 405 g/mol. The second-order valence-electron chi connectivity index (χ2n) is 4.99. The van der Waals surface area contributed by atoms with Gasteiger partial charge in [-0.1, -0.05) is 23.8 Å². The predicted octanol–water partition coefficient (Wildman–Crippen LogP) is 2.75. The fourth-order valence-corrected chi connectivity index (χ4v) is 2.18. The average Bonchev–Trinajstić information content (AvgIpc) is 2.58. The largest absolute Gasteiger partial charge is 0.329 e. The van der Waals surface area contributed by atoms with E-state index in [1.165, 1.54) is 18.3 Å². The molecule has 2 aromatic carbocycles. The second kappa shape index (κ2) is 8.15. The first kappa shape index (κ1) is 18.3. The summed E-state index contributed by atoms with van der Waals surface area (Å²) in [6.07, 6.45) is 1.20. The van der Waals surface area contributed by atoms with Gasteiger partial charge < -0.3 is 5.32 Å². The first-order valence-corrected chi connectivity index (χ1v) is 7.81. The minimum absolute atomic E-state index is 0.132. The van der Waals surface area contributed by atoms with Crippen molar-refractivity contribution in [3.8, 4) is 0 Å². The molecule has 0 aromatic heterocycles. The molecule has 2 rings (SSSR count). The van der Waals surface area contributed by atoms with Crippen molar-refractivity contribution >= 4 is 45.3 Å². The van der Waals surface area contributed by atoms with Crippen molar-refractivity contribution in [1.29, 1.82) is 0 Å². The number of nitro benzene ring substituents is 1. The molecule has 0 saturated carbocycles. The van der Waals surface area contributed by atoms with Crippen LogP contribution in [0.2, 0.25) is 0 Å². The van der Waals surface area contributed by atoms with Crippen LogP contribution in [0.4, 0.5) is 11.4 Å². The van der Waals surface area contributed by atoms with Gasteiger partial charge in [0.15, 0.2) is 0 Å². The third-order valence-corrected chi connectivity index (χ3v) is 3.73. The Balaban J connectivity index is 1.95. The Labute approximate surface area is 151 Å². The molecule has 9 heteroatoms. The molecular weight excluding hydrogens is 392 g/mol. The van der Waals surface area contributed by atoms with Gasteiger partial charge >= 0.3 is 11.8 Å². The molecule has 0 atom stereocenters. The Bertz CT molecular complexity index is 850. The highest BCUT2D eigenvalue weighted by atomic mass is 79.9. The van der Waals surface area contributed by atoms with Crippen molar-refractivity contribution in [1.82, 2.24) is 5.43 Å². The first-order chi connectivity index (χ1) is 11.9. The van der Waals surface area contributed by atoms with E-state index in [2.05, 4.69) is 31.8 Å². The first-order valence-electron chi connectivity index (χ1n) is 7.02. The van der Waals surface area contributed by atoms with Crippen LogP contribution in [0.1, 0.15) is 11.1 Å². The minimum Gasteiger partial charge on any atom is -0.318 e. The Morgan fingerprint density at radius 3 is 2.48 bits per heavy atom. The number of anilines is 1. The van der Waals surface area contributed by atoms with Crippen LogP contribution in [0, 0.1) is 17.0 Å². The highest BCUT2D eigenvalue weighted by molar-refractivity contribution is 9.10. The topological polar surface area (TPSA) is 114 Å². The fourth-order valence-electron chi connectivity index (χ4n) is 1.79. The van der Waals surface area contributed by atoms with Crippen molar-refractivity contribution < 1.29 is 14.5 Å². The van der Waals surface area contributed by atoms with Crippen LogP contribution in [-0.4, -0.2) is 23.0 Å². The third kappa shape index (κ3) is 5.21. The second-order valence-corrected chi connectivity index (χ2v) is 5.84. The van der Waals surface area contributed by atoms with Crippen molar-refractivity contribution in [3.63, 3.8) is 0 Å². The van der Waals surface area contributed by atoms with E-state index in [9.17, 15) is 19.7 Å². The number of benzene rings is 2. The highest BCUT2D eigenvalue weighted by Gasteiger charge is 2.13. The van der Waals surface area contributed by atoms with Gasteiger partial charge in [-0.15, -0.1) is 0 Å². The van der Waals surface area contributed by atoms with Gasteiger partial charge in [-0.05, 0) is 41.1 Å². The molecule has 2 aromatic rings. The van der Waals surface area contributed by atoms with E-state index in [1.807, 2.05) is 6.92 Å². The quantitative estimate of drug-likeness (QED) is 0.352. The summed E-state index contributed by atoms with van der Waals surface area (Å²) in [6, 6.07) is 11.3. The van der Waals surface area contributed by atoms with Crippen LogP contribution < -0.4 is 10.7 Å². The van der Waals surface area contributed by atoms with Gasteiger partial charge in [0, 0.05) is 17.3 Å². The van der Waals surface area contributed by atoms with Crippen LogP contribution in [0.15, 0.2) is 52.0 Å². The molecule has 0 aliphatic carbocycles. The zero-order valence-electron chi connectivity index (χ0n) is 13.0. The van der Waals surface area contributed by atoms with Gasteiger partial charge in [0.1, 0.15) is 0 Å². The lowest BCUT2D eigenvalue weighted by Crippen LogP contribution is -2.32. The number of hydrazone groups is 1. The third-order valence-electron chi connectivity index (χ3n) is 3.06.